The first-order chi connectivity index (χ1) is 12.6. The van der Waals surface area contributed by atoms with Crippen molar-refractivity contribution in [1.29, 1.82) is 0 Å². The number of aryl methyl sites for hydroxylation is 1. The number of hydrogen-bond donors (Lipinski definition) is 2. The third kappa shape index (κ3) is 2.93. The first kappa shape index (κ1) is 15.6. The average Bonchev–Trinajstić information content (AvgIpc) is 2.99. The predicted molar refractivity (Wildman–Crippen MR) is 98.2 cm³/mol. The van der Waals surface area contributed by atoms with Crippen molar-refractivity contribution in [1.82, 2.24) is 20.2 Å². The standard InChI is InChI=1S/C17H13N7O2/c1-10-2-7-14-13(8-10)15-16(19-14)20-17(23-21-15)22-18-9-11-3-5-12(6-4-11)24(25)26/h2-9H,1H3,(H2,19,20,22,23)/b18-9+. The highest BCUT2D eigenvalue weighted by Crippen LogP contribution is 2.23. The van der Waals surface area contributed by atoms with Gasteiger partial charge in [-0.25, -0.2) is 5.43 Å². The molecule has 4 aromatic rings. The molecule has 0 fully saturated rings. The lowest BCUT2D eigenvalue weighted by atomic mass is 10.2. The minimum atomic E-state index is -0.449. The number of fused-ring (bicyclic) bond motifs is 3. The van der Waals surface area contributed by atoms with E-state index in [0.29, 0.717) is 16.7 Å². The quantitative estimate of drug-likeness (QED) is 0.332. The van der Waals surface area contributed by atoms with E-state index >= 15 is 0 Å². The van der Waals surface area contributed by atoms with Gasteiger partial charge in [0, 0.05) is 23.0 Å². The molecule has 2 aromatic heterocycles. The van der Waals surface area contributed by atoms with E-state index in [1.54, 1.807) is 12.1 Å². The zero-order valence-corrected chi connectivity index (χ0v) is 13.7. The normalized spacial score (nSPS) is 11.4. The summed E-state index contributed by atoms with van der Waals surface area (Å²) in [5.41, 5.74) is 6.84. The highest BCUT2D eigenvalue weighted by Gasteiger charge is 2.09. The van der Waals surface area contributed by atoms with Crippen LogP contribution >= 0.6 is 0 Å². The first-order valence-corrected chi connectivity index (χ1v) is 7.76. The van der Waals surface area contributed by atoms with Crippen LogP contribution in [0.1, 0.15) is 11.1 Å². The van der Waals surface area contributed by atoms with E-state index in [-0.39, 0.29) is 11.6 Å². The Hall–Kier alpha value is -3.88. The fraction of sp³-hybridized carbons (Fsp3) is 0.0588. The maximum Gasteiger partial charge on any atom is 0.269 e. The van der Waals surface area contributed by atoms with Gasteiger partial charge in [0.1, 0.15) is 5.52 Å². The molecule has 0 aliphatic carbocycles. The van der Waals surface area contributed by atoms with Crippen molar-refractivity contribution in [2.45, 2.75) is 6.92 Å². The van der Waals surface area contributed by atoms with Crippen LogP contribution in [0, 0.1) is 17.0 Å². The first-order valence-electron chi connectivity index (χ1n) is 7.76. The maximum absolute atomic E-state index is 10.6. The molecule has 0 bridgehead atoms. The Labute approximate surface area is 146 Å². The highest BCUT2D eigenvalue weighted by molar-refractivity contribution is 6.03. The molecule has 0 saturated carbocycles. The topological polar surface area (TPSA) is 122 Å². The molecular weight excluding hydrogens is 334 g/mol. The molecule has 128 valence electrons. The smallest absolute Gasteiger partial charge is 0.269 e. The van der Waals surface area contributed by atoms with Gasteiger partial charge in [-0.15, -0.1) is 10.2 Å². The average molecular weight is 347 g/mol. The molecule has 26 heavy (non-hydrogen) atoms. The molecule has 4 rings (SSSR count). The number of nitro benzene ring substituents is 1. The summed E-state index contributed by atoms with van der Waals surface area (Å²) in [6.45, 7) is 2.02. The Bertz CT molecular complexity index is 1150. The summed E-state index contributed by atoms with van der Waals surface area (Å²) >= 11 is 0. The largest absolute Gasteiger partial charge is 0.338 e. The van der Waals surface area contributed by atoms with Crippen molar-refractivity contribution in [3.63, 3.8) is 0 Å². The van der Waals surface area contributed by atoms with Crippen LogP contribution in [-0.2, 0) is 0 Å². The van der Waals surface area contributed by atoms with E-state index in [1.165, 1.54) is 18.3 Å². The van der Waals surface area contributed by atoms with Crippen molar-refractivity contribution < 1.29 is 4.92 Å². The second kappa shape index (κ2) is 6.20. The highest BCUT2D eigenvalue weighted by atomic mass is 16.6. The predicted octanol–water partition coefficient (Wildman–Crippen LogP) is 3.17. The number of non-ortho nitro benzene ring substituents is 1. The number of rotatable bonds is 4. The van der Waals surface area contributed by atoms with Gasteiger partial charge in [-0.3, -0.25) is 10.1 Å². The third-order valence-electron chi connectivity index (χ3n) is 3.85. The number of H-pyrrole nitrogens is 1. The minimum Gasteiger partial charge on any atom is -0.338 e. The van der Waals surface area contributed by atoms with Gasteiger partial charge in [0.15, 0.2) is 5.65 Å². The van der Waals surface area contributed by atoms with E-state index < -0.39 is 4.92 Å². The summed E-state index contributed by atoms with van der Waals surface area (Å²) in [6.07, 6.45) is 1.52. The van der Waals surface area contributed by atoms with Gasteiger partial charge in [-0.1, -0.05) is 11.6 Å². The van der Waals surface area contributed by atoms with Gasteiger partial charge < -0.3 is 4.98 Å². The summed E-state index contributed by atoms with van der Waals surface area (Å²) in [6, 6.07) is 12.1. The van der Waals surface area contributed by atoms with Gasteiger partial charge in [0.25, 0.3) is 11.6 Å². The summed E-state index contributed by atoms with van der Waals surface area (Å²) in [4.78, 5) is 17.8. The van der Waals surface area contributed by atoms with Gasteiger partial charge in [-0.05, 0) is 36.8 Å². The summed E-state index contributed by atoms with van der Waals surface area (Å²) in [5.74, 6) is 0.249. The van der Waals surface area contributed by atoms with Crippen LogP contribution in [0.25, 0.3) is 22.1 Å². The fourth-order valence-electron chi connectivity index (χ4n) is 2.58. The minimum absolute atomic E-state index is 0.0298. The maximum atomic E-state index is 10.6. The number of nitrogens with zero attached hydrogens (tertiary/aromatic N) is 5. The van der Waals surface area contributed by atoms with E-state index in [1.807, 2.05) is 25.1 Å². The third-order valence-corrected chi connectivity index (χ3v) is 3.85. The van der Waals surface area contributed by atoms with Gasteiger partial charge >= 0.3 is 0 Å². The molecule has 0 amide bonds. The molecule has 9 nitrogen and oxygen atoms in total. The number of hydrazone groups is 1. The molecule has 0 spiro atoms. The molecule has 0 saturated heterocycles. The van der Waals surface area contributed by atoms with Crippen LogP contribution in [0.5, 0.6) is 0 Å². The summed E-state index contributed by atoms with van der Waals surface area (Å²) in [7, 11) is 0. The van der Waals surface area contributed by atoms with E-state index in [9.17, 15) is 10.1 Å². The van der Waals surface area contributed by atoms with Crippen LogP contribution in [0.2, 0.25) is 0 Å². The molecule has 2 heterocycles. The molecule has 2 aromatic carbocycles. The summed E-state index contributed by atoms with van der Waals surface area (Å²) in [5, 5.41) is 23.9. The lowest BCUT2D eigenvalue weighted by Gasteiger charge is -1.97. The molecule has 0 aliphatic heterocycles. The van der Waals surface area contributed by atoms with Crippen LogP contribution in [0.4, 0.5) is 11.6 Å². The van der Waals surface area contributed by atoms with Crippen LogP contribution in [0.3, 0.4) is 0 Å². The number of nitro groups is 1. The Morgan fingerprint density at radius 1 is 1.19 bits per heavy atom. The van der Waals surface area contributed by atoms with Crippen molar-refractivity contribution in [2.75, 3.05) is 5.43 Å². The molecule has 0 aliphatic rings. The number of hydrogen-bond acceptors (Lipinski definition) is 7. The molecular formula is C17H13N7O2. The monoisotopic (exact) mass is 347 g/mol. The number of aromatic amines is 1. The lowest BCUT2D eigenvalue weighted by molar-refractivity contribution is -0.384. The van der Waals surface area contributed by atoms with E-state index in [2.05, 4.69) is 30.7 Å². The van der Waals surface area contributed by atoms with Gasteiger partial charge in [-0.2, -0.15) is 10.1 Å². The number of benzene rings is 2. The van der Waals surface area contributed by atoms with Crippen molar-refractivity contribution in [3.05, 3.63) is 63.7 Å². The molecule has 0 radical (unpaired) electrons. The van der Waals surface area contributed by atoms with E-state index in [4.69, 9.17) is 0 Å². The summed E-state index contributed by atoms with van der Waals surface area (Å²) < 4.78 is 0. The molecule has 0 unspecified atom stereocenters. The zero-order chi connectivity index (χ0) is 18.1. The second-order valence-electron chi connectivity index (χ2n) is 5.73. The van der Waals surface area contributed by atoms with Crippen LogP contribution < -0.4 is 5.43 Å². The lowest BCUT2D eigenvalue weighted by Crippen LogP contribution is -1.99. The molecule has 9 heteroatoms. The number of nitrogens with one attached hydrogen (secondary N) is 2. The number of aromatic nitrogens is 4. The van der Waals surface area contributed by atoms with Crippen LogP contribution in [0.15, 0.2) is 47.6 Å². The van der Waals surface area contributed by atoms with Gasteiger partial charge in [0.2, 0.25) is 0 Å². The van der Waals surface area contributed by atoms with Crippen molar-refractivity contribution in [2.24, 2.45) is 5.10 Å². The van der Waals surface area contributed by atoms with Gasteiger partial charge in [0.05, 0.1) is 11.1 Å². The fourth-order valence-corrected chi connectivity index (χ4v) is 2.58. The zero-order valence-electron chi connectivity index (χ0n) is 13.7. The van der Waals surface area contributed by atoms with Crippen molar-refractivity contribution >= 4 is 39.9 Å². The van der Waals surface area contributed by atoms with E-state index in [0.717, 1.165) is 16.5 Å². The Morgan fingerprint density at radius 3 is 2.77 bits per heavy atom. The number of anilines is 1. The Kier molecular flexibility index (Phi) is 3.73. The Balaban J connectivity index is 1.55. The van der Waals surface area contributed by atoms with Crippen molar-refractivity contribution in [3.8, 4) is 0 Å². The molecule has 2 N–H and O–H groups in total. The molecule has 0 atom stereocenters. The Morgan fingerprint density at radius 2 is 2.00 bits per heavy atom. The SMILES string of the molecule is Cc1ccc2[nH]c3nc(N/N=C/c4ccc([N+](=O)[O-])cc4)nnc3c2c1. The second-order valence-corrected chi connectivity index (χ2v) is 5.73. The van der Waals surface area contributed by atoms with Crippen LogP contribution in [-0.4, -0.2) is 31.3 Å².